The minimum absolute atomic E-state index is 0. The first-order chi connectivity index (χ1) is 15.3. The average molecular weight is 553 g/mol. The Hall–Kier alpha value is -2.04. The van der Waals surface area contributed by atoms with E-state index >= 15 is 0 Å². The number of para-hydroxylation sites is 4. The predicted octanol–water partition coefficient (Wildman–Crippen LogP) is -4.13. The van der Waals surface area contributed by atoms with Gasteiger partial charge in [-0.25, -0.2) is 0 Å². The molecule has 0 saturated heterocycles. The van der Waals surface area contributed by atoms with Gasteiger partial charge in [-0.15, -0.1) is 0 Å². The van der Waals surface area contributed by atoms with Gasteiger partial charge in [-0.2, -0.15) is 0 Å². The van der Waals surface area contributed by atoms with Crippen molar-refractivity contribution in [2.24, 2.45) is 0 Å². The van der Waals surface area contributed by atoms with Crippen molar-refractivity contribution in [3.8, 4) is 0 Å². The van der Waals surface area contributed by atoms with Crippen LogP contribution in [0.3, 0.4) is 0 Å². The SMILES string of the molecule is [Cl-].[Cl-].[Cl-].[Cr+3][n]1c(CN(CCCc2ccccc2)Cc2nc3ccccc3[nH]2)nc2ccccc21. The number of nitrogens with one attached hydrogen (secondary N) is 1. The predicted molar refractivity (Wildman–Crippen MR) is 120 cm³/mol. The zero-order valence-electron chi connectivity index (χ0n) is 18.4. The Balaban J connectivity index is 0.00000136. The third-order valence-corrected chi connectivity index (χ3v) is 6.18. The standard InChI is InChI=1S/C25H24N5.3ClH.Cr/c1-2-9-19(10-3-1)11-8-16-30(17-24-26-20-12-4-5-13-21(20)27-24)18-25-28-22-14-6-7-15-23(22)29-25;;;;/h1-7,9-10,12-15H,8,11,16-18H2,(H-,26,27,28,29);3*1H;/q-1;;;;+4/p-3. The van der Waals surface area contributed by atoms with Gasteiger partial charge < -0.3 is 37.2 Å². The van der Waals surface area contributed by atoms with Gasteiger partial charge >= 0.3 is 191 Å². The Bertz CT molecular complexity index is 1270. The topological polar surface area (TPSA) is 49.7 Å². The summed E-state index contributed by atoms with van der Waals surface area (Å²) in [5.74, 6) is 2.01. The van der Waals surface area contributed by atoms with Crippen molar-refractivity contribution in [3.05, 3.63) is 96.1 Å². The summed E-state index contributed by atoms with van der Waals surface area (Å²) in [7, 11) is 0. The second-order valence-electron chi connectivity index (χ2n) is 7.81. The van der Waals surface area contributed by atoms with E-state index in [9.17, 15) is 0 Å². The van der Waals surface area contributed by atoms with Gasteiger partial charge in [0.2, 0.25) is 0 Å². The van der Waals surface area contributed by atoms with Crippen LogP contribution in [0.5, 0.6) is 0 Å². The molecule has 0 atom stereocenters. The van der Waals surface area contributed by atoms with Gasteiger partial charge in [-0.3, -0.25) is 0 Å². The number of benzene rings is 3. The van der Waals surface area contributed by atoms with Crippen molar-refractivity contribution in [2.45, 2.75) is 25.9 Å². The molecule has 34 heavy (non-hydrogen) atoms. The molecule has 0 aliphatic rings. The van der Waals surface area contributed by atoms with E-state index in [2.05, 4.69) is 84.5 Å². The van der Waals surface area contributed by atoms with Gasteiger partial charge in [-0.05, 0) is 0 Å². The number of fused-ring (bicyclic) bond motifs is 2. The summed E-state index contributed by atoms with van der Waals surface area (Å²) >= 11 is 3.17. The van der Waals surface area contributed by atoms with Crippen molar-refractivity contribution in [1.82, 2.24) is 23.4 Å². The molecule has 1 N–H and O–H groups in total. The Morgan fingerprint density at radius 2 is 1.44 bits per heavy atom. The normalized spacial score (nSPS) is 10.6. The van der Waals surface area contributed by atoms with Crippen molar-refractivity contribution in [3.63, 3.8) is 0 Å². The molecule has 0 amide bonds. The number of hydrogen-bond acceptors (Lipinski definition) is 3. The number of nitrogens with zero attached hydrogens (tertiary/aromatic N) is 4. The summed E-state index contributed by atoms with van der Waals surface area (Å²) in [6.07, 6.45) is 2.14. The molecule has 0 unspecified atom stereocenters. The van der Waals surface area contributed by atoms with Crippen LogP contribution in [-0.4, -0.2) is 29.9 Å². The maximum absolute atomic E-state index is 4.86. The van der Waals surface area contributed by atoms with E-state index < -0.39 is 0 Å². The second kappa shape index (κ2) is 13.2. The number of aromatic amines is 1. The molecular formula is C25H24Cl3CrN5. The average Bonchev–Trinajstić information content (AvgIpc) is 3.35. The Labute approximate surface area is 226 Å². The third kappa shape index (κ3) is 6.55. The van der Waals surface area contributed by atoms with Crippen LogP contribution < -0.4 is 37.2 Å². The fourth-order valence-corrected chi connectivity index (χ4v) is 4.41. The van der Waals surface area contributed by atoms with Crippen LogP contribution >= 0.6 is 0 Å². The monoisotopic (exact) mass is 551 g/mol. The van der Waals surface area contributed by atoms with Gasteiger partial charge in [0.1, 0.15) is 0 Å². The first-order valence-electron chi connectivity index (χ1n) is 10.6. The number of H-pyrrole nitrogens is 1. The van der Waals surface area contributed by atoms with Gasteiger partial charge in [0.25, 0.3) is 0 Å². The molecule has 9 heteroatoms. The van der Waals surface area contributed by atoms with E-state index in [0.29, 0.717) is 0 Å². The van der Waals surface area contributed by atoms with E-state index in [1.807, 2.05) is 24.3 Å². The van der Waals surface area contributed by atoms with Crippen LogP contribution in [0.2, 0.25) is 0 Å². The zero-order valence-corrected chi connectivity index (χ0v) is 21.9. The van der Waals surface area contributed by atoms with Gasteiger partial charge in [-0.1, -0.05) is 0 Å². The first-order valence-corrected chi connectivity index (χ1v) is 11.2. The molecule has 0 spiro atoms. The van der Waals surface area contributed by atoms with Crippen LogP contribution in [0.1, 0.15) is 23.6 Å². The second-order valence-corrected chi connectivity index (χ2v) is 8.38. The molecule has 5 aromatic rings. The Kier molecular flexibility index (Phi) is 10.9. The van der Waals surface area contributed by atoms with E-state index in [-0.39, 0.29) is 37.2 Å². The number of aryl methyl sites for hydroxylation is 1. The number of halogens is 3. The van der Waals surface area contributed by atoms with Gasteiger partial charge in [0.05, 0.1) is 0 Å². The number of rotatable bonds is 8. The molecule has 2 heterocycles. The molecular weight excluding hydrogens is 529 g/mol. The van der Waals surface area contributed by atoms with Crippen LogP contribution in [0.15, 0.2) is 78.9 Å². The molecule has 2 aromatic heterocycles. The molecule has 5 nitrogen and oxygen atoms in total. The molecule has 0 aliphatic carbocycles. The van der Waals surface area contributed by atoms with E-state index in [0.717, 1.165) is 66.2 Å². The molecule has 0 fully saturated rings. The number of aromatic nitrogens is 4. The Morgan fingerprint density at radius 3 is 2.18 bits per heavy atom. The summed E-state index contributed by atoms with van der Waals surface area (Å²) < 4.78 is 2.08. The quantitative estimate of drug-likeness (QED) is 0.213. The minimum atomic E-state index is 0. The summed E-state index contributed by atoms with van der Waals surface area (Å²) in [4.78, 5) is 15.6. The number of imidazole rings is 2. The van der Waals surface area contributed by atoms with Gasteiger partial charge in [0, 0.05) is 0 Å². The van der Waals surface area contributed by atoms with E-state index in [1.54, 1.807) is 0 Å². The molecule has 0 saturated carbocycles. The van der Waals surface area contributed by atoms with Crippen LogP contribution in [0.25, 0.3) is 22.1 Å². The summed E-state index contributed by atoms with van der Waals surface area (Å²) in [5, 5.41) is 0. The molecule has 176 valence electrons. The fraction of sp³-hybridized carbons (Fsp3) is 0.200. The maximum atomic E-state index is 4.86. The fourth-order valence-electron chi connectivity index (χ4n) is 4.01. The third-order valence-electron chi connectivity index (χ3n) is 5.54. The van der Waals surface area contributed by atoms with Crippen molar-refractivity contribution < 1.29 is 53.7 Å². The van der Waals surface area contributed by atoms with Crippen LogP contribution in [0.4, 0.5) is 0 Å². The molecule has 0 aliphatic heterocycles. The van der Waals surface area contributed by atoms with Crippen molar-refractivity contribution >= 4 is 22.1 Å². The van der Waals surface area contributed by atoms with E-state index in [1.165, 1.54) is 5.56 Å². The summed E-state index contributed by atoms with van der Waals surface area (Å²) in [6.45, 7) is 2.48. The summed E-state index contributed by atoms with van der Waals surface area (Å²) in [5.41, 5.74) is 5.60. The Morgan fingerprint density at radius 1 is 0.765 bits per heavy atom. The zero-order chi connectivity index (χ0) is 21.0. The van der Waals surface area contributed by atoms with E-state index in [4.69, 9.17) is 9.97 Å². The summed E-state index contributed by atoms with van der Waals surface area (Å²) in [6, 6.07) is 27.1. The van der Waals surface area contributed by atoms with Crippen molar-refractivity contribution in [1.29, 1.82) is 0 Å². The van der Waals surface area contributed by atoms with Crippen molar-refractivity contribution in [2.75, 3.05) is 6.54 Å². The molecule has 0 radical (unpaired) electrons. The molecule has 3 aromatic carbocycles. The van der Waals surface area contributed by atoms with Crippen LogP contribution in [-0.2, 0) is 36.0 Å². The molecule has 5 rings (SSSR count). The van der Waals surface area contributed by atoms with Crippen LogP contribution in [0, 0.1) is 0 Å². The number of hydrogen-bond donors (Lipinski definition) is 1. The first kappa shape index (κ1) is 28.2. The van der Waals surface area contributed by atoms with Gasteiger partial charge in [0.15, 0.2) is 0 Å². The molecule has 0 bridgehead atoms.